The molecular formula is C25H26N2O. The summed E-state index contributed by atoms with van der Waals surface area (Å²) in [6.07, 6.45) is 1.63. The maximum Gasteiger partial charge on any atom is 0.126 e. The number of hydrogen-bond donors (Lipinski definition) is 2. The number of benzene rings is 3. The predicted molar refractivity (Wildman–Crippen MR) is 115 cm³/mol. The van der Waals surface area contributed by atoms with Gasteiger partial charge in [0.15, 0.2) is 0 Å². The van der Waals surface area contributed by atoms with Crippen LogP contribution in [-0.4, -0.2) is 10.8 Å². The van der Waals surface area contributed by atoms with E-state index in [0.29, 0.717) is 5.75 Å². The van der Waals surface area contributed by atoms with E-state index in [1.807, 2.05) is 18.2 Å². The second-order valence-corrected chi connectivity index (χ2v) is 7.37. The zero-order valence-corrected chi connectivity index (χ0v) is 16.4. The van der Waals surface area contributed by atoms with Crippen LogP contribution in [-0.2, 0) is 6.42 Å². The number of aryl methyl sites for hydroxylation is 2. The summed E-state index contributed by atoms with van der Waals surface area (Å²) in [6.45, 7) is 4.28. The summed E-state index contributed by atoms with van der Waals surface area (Å²) < 4.78 is 0. The molecule has 0 saturated carbocycles. The lowest BCUT2D eigenvalue weighted by Crippen LogP contribution is -2.33. The minimum atomic E-state index is -0.139. The Morgan fingerprint density at radius 2 is 1.61 bits per heavy atom. The van der Waals surface area contributed by atoms with E-state index in [-0.39, 0.29) is 12.2 Å². The molecule has 3 aromatic carbocycles. The van der Waals surface area contributed by atoms with E-state index in [0.717, 1.165) is 29.7 Å². The van der Waals surface area contributed by atoms with E-state index in [1.165, 1.54) is 16.7 Å². The van der Waals surface area contributed by atoms with Gasteiger partial charge in [-0.15, -0.1) is 0 Å². The molecule has 0 unspecified atom stereocenters. The quantitative estimate of drug-likeness (QED) is 0.638. The normalized spacial score (nSPS) is 19.3. The van der Waals surface area contributed by atoms with Gasteiger partial charge in [-0.25, -0.2) is 0 Å². The van der Waals surface area contributed by atoms with Gasteiger partial charge in [0.1, 0.15) is 11.9 Å². The van der Waals surface area contributed by atoms with Crippen molar-refractivity contribution in [2.75, 3.05) is 0 Å². The summed E-state index contributed by atoms with van der Waals surface area (Å²) >= 11 is 0. The van der Waals surface area contributed by atoms with Gasteiger partial charge in [0.2, 0.25) is 0 Å². The molecule has 2 N–H and O–H groups in total. The molecule has 1 heterocycles. The molecule has 1 aliphatic rings. The first-order chi connectivity index (χ1) is 13.7. The van der Waals surface area contributed by atoms with Gasteiger partial charge in [-0.05, 0) is 41.7 Å². The second kappa shape index (κ2) is 7.99. The van der Waals surface area contributed by atoms with Crippen LogP contribution in [0.2, 0.25) is 0 Å². The fourth-order valence-electron chi connectivity index (χ4n) is 3.85. The Morgan fingerprint density at radius 3 is 2.29 bits per heavy atom. The van der Waals surface area contributed by atoms with Gasteiger partial charge in [-0.2, -0.15) is 0 Å². The highest BCUT2D eigenvalue weighted by atomic mass is 16.3. The summed E-state index contributed by atoms with van der Waals surface area (Å²) in [5.74, 6) is 0.325. The average Bonchev–Trinajstić information content (AvgIpc) is 2.74. The van der Waals surface area contributed by atoms with Crippen molar-refractivity contribution in [3.63, 3.8) is 0 Å². The summed E-state index contributed by atoms with van der Waals surface area (Å²) in [5.41, 5.74) is 6.85. The van der Waals surface area contributed by atoms with E-state index >= 15 is 0 Å². The number of phenolic OH excluding ortho intramolecular Hbond substituents is 1. The molecule has 0 bridgehead atoms. The lowest BCUT2D eigenvalue weighted by Gasteiger charge is -2.31. The molecule has 0 aromatic heterocycles. The first-order valence-electron chi connectivity index (χ1n) is 9.91. The van der Waals surface area contributed by atoms with E-state index in [4.69, 9.17) is 4.99 Å². The Kier molecular flexibility index (Phi) is 5.27. The highest BCUT2D eigenvalue weighted by molar-refractivity contribution is 6.01. The van der Waals surface area contributed by atoms with Crippen molar-refractivity contribution in [1.29, 1.82) is 0 Å². The van der Waals surface area contributed by atoms with Crippen LogP contribution in [0.4, 0.5) is 0 Å². The summed E-state index contributed by atoms with van der Waals surface area (Å²) in [5, 5.41) is 14.1. The number of nitrogens with one attached hydrogen (secondary N) is 1. The van der Waals surface area contributed by atoms with Crippen molar-refractivity contribution >= 4 is 5.71 Å². The Bertz CT molecular complexity index is 991. The van der Waals surface area contributed by atoms with E-state index in [9.17, 15) is 5.11 Å². The minimum Gasteiger partial charge on any atom is -0.508 e. The Hall–Kier alpha value is -2.91. The number of phenols is 1. The first-order valence-corrected chi connectivity index (χ1v) is 9.91. The Morgan fingerprint density at radius 1 is 0.929 bits per heavy atom. The SMILES string of the molecule is CCc1ccc(C2=N[C@H](c3ccccc3C)N[C@@H](c3ccccc3O)C2)cc1. The third-order valence-corrected chi connectivity index (χ3v) is 5.53. The first kappa shape index (κ1) is 18.5. The maximum atomic E-state index is 10.4. The molecule has 1 aliphatic heterocycles. The van der Waals surface area contributed by atoms with Crippen LogP contribution in [0.15, 0.2) is 77.8 Å². The molecule has 0 fully saturated rings. The second-order valence-electron chi connectivity index (χ2n) is 7.37. The number of rotatable bonds is 4. The molecule has 0 aliphatic carbocycles. The summed E-state index contributed by atoms with van der Waals surface area (Å²) in [4.78, 5) is 5.07. The number of aromatic hydroxyl groups is 1. The van der Waals surface area contributed by atoms with Crippen molar-refractivity contribution in [2.24, 2.45) is 4.99 Å². The van der Waals surface area contributed by atoms with Crippen molar-refractivity contribution in [3.05, 3.63) is 101 Å². The Labute approximate surface area is 166 Å². The fourth-order valence-corrected chi connectivity index (χ4v) is 3.85. The topological polar surface area (TPSA) is 44.6 Å². The monoisotopic (exact) mass is 370 g/mol. The van der Waals surface area contributed by atoms with Crippen LogP contribution in [0.5, 0.6) is 5.75 Å². The largest absolute Gasteiger partial charge is 0.508 e. The van der Waals surface area contributed by atoms with Crippen molar-refractivity contribution in [2.45, 2.75) is 38.9 Å². The lowest BCUT2D eigenvalue weighted by atomic mass is 9.92. The van der Waals surface area contributed by atoms with Crippen LogP contribution in [0.1, 0.15) is 53.4 Å². The molecule has 3 aromatic rings. The molecule has 0 radical (unpaired) electrons. The summed E-state index contributed by atoms with van der Waals surface area (Å²) in [7, 11) is 0. The molecule has 2 atom stereocenters. The van der Waals surface area contributed by atoms with Crippen LogP contribution in [0.3, 0.4) is 0 Å². The third-order valence-electron chi connectivity index (χ3n) is 5.53. The average molecular weight is 370 g/mol. The van der Waals surface area contributed by atoms with Gasteiger partial charge in [0.05, 0.1) is 0 Å². The predicted octanol–water partition coefficient (Wildman–Crippen LogP) is 5.49. The lowest BCUT2D eigenvalue weighted by molar-refractivity contribution is 0.412. The molecule has 0 amide bonds. The zero-order chi connectivity index (χ0) is 19.5. The van der Waals surface area contributed by atoms with Crippen molar-refractivity contribution < 1.29 is 5.11 Å². The molecule has 4 rings (SSSR count). The summed E-state index contributed by atoms with van der Waals surface area (Å²) in [6, 6.07) is 24.6. The smallest absolute Gasteiger partial charge is 0.126 e. The van der Waals surface area contributed by atoms with Crippen LogP contribution < -0.4 is 5.32 Å². The number of nitrogens with zero attached hydrogens (tertiary/aromatic N) is 1. The van der Waals surface area contributed by atoms with Gasteiger partial charge in [0, 0.05) is 23.7 Å². The molecule has 3 nitrogen and oxygen atoms in total. The Balaban J connectivity index is 1.76. The molecule has 3 heteroatoms. The highest BCUT2D eigenvalue weighted by Gasteiger charge is 2.28. The van der Waals surface area contributed by atoms with Crippen LogP contribution in [0.25, 0.3) is 0 Å². The van der Waals surface area contributed by atoms with Crippen molar-refractivity contribution in [3.8, 4) is 5.75 Å². The van der Waals surface area contributed by atoms with Crippen LogP contribution >= 0.6 is 0 Å². The van der Waals surface area contributed by atoms with Gasteiger partial charge >= 0.3 is 0 Å². The maximum absolute atomic E-state index is 10.4. The third kappa shape index (κ3) is 3.71. The molecular weight excluding hydrogens is 344 g/mol. The number of para-hydroxylation sites is 1. The zero-order valence-electron chi connectivity index (χ0n) is 16.4. The van der Waals surface area contributed by atoms with Gasteiger partial charge in [-0.3, -0.25) is 10.3 Å². The van der Waals surface area contributed by atoms with E-state index < -0.39 is 0 Å². The van der Waals surface area contributed by atoms with Crippen LogP contribution in [0, 0.1) is 6.92 Å². The minimum absolute atomic E-state index is 0.00385. The number of hydrogen-bond acceptors (Lipinski definition) is 3. The molecule has 0 saturated heterocycles. The van der Waals surface area contributed by atoms with E-state index in [2.05, 4.69) is 67.7 Å². The van der Waals surface area contributed by atoms with Gasteiger partial charge in [-0.1, -0.05) is 73.7 Å². The van der Waals surface area contributed by atoms with Gasteiger partial charge in [0.25, 0.3) is 0 Å². The highest BCUT2D eigenvalue weighted by Crippen LogP contribution is 2.35. The van der Waals surface area contributed by atoms with E-state index in [1.54, 1.807) is 6.07 Å². The fraction of sp³-hybridized carbons (Fsp3) is 0.240. The molecule has 0 spiro atoms. The van der Waals surface area contributed by atoms with Gasteiger partial charge < -0.3 is 5.11 Å². The van der Waals surface area contributed by atoms with Crippen molar-refractivity contribution in [1.82, 2.24) is 5.32 Å². The molecule has 28 heavy (non-hydrogen) atoms. The number of aliphatic imine (C=N–C) groups is 1. The molecule has 142 valence electrons. The standard InChI is InChI=1S/C25H26N2O/c1-3-18-12-14-19(15-13-18)22-16-23(21-10-6-7-11-24(21)28)27-25(26-22)20-9-5-4-8-17(20)2/h4-15,23,25,27-28H,3,16H2,1-2H3/t23-,25+/m1/s1.